The molecular weight excluding hydrogens is 248 g/mol. The molecule has 0 saturated heterocycles. The number of anilines is 2. The smallest absolute Gasteiger partial charge is 0.248 e. The molecule has 0 aliphatic heterocycles. The van der Waals surface area contributed by atoms with Crippen molar-refractivity contribution >= 4 is 17.3 Å². The van der Waals surface area contributed by atoms with E-state index in [-0.39, 0.29) is 11.3 Å². The van der Waals surface area contributed by atoms with Crippen LogP contribution in [0.4, 0.5) is 11.4 Å². The number of amides is 1. The Kier molecular flexibility index (Phi) is 5.81. The molecule has 110 valence electrons. The predicted octanol–water partition coefficient (Wildman–Crippen LogP) is 4.07. The van der Waals surface area contributed by atoms with Gasteiger partial charge in [-0.25, -0.2) is 0 Å². The highest BCUT2D eigenvalue weighted by Crippen LogP contribution is 2.18. The number of benzene rings is 1. The maximum absolute atomic E-state index is 11.8. The van der Waals surface area contributed by atoms with Gasteiger partial charge in [0.1, 0.15) is 0 Å². The molecule has 0 aromatic heterocycles. The zero-order chi connectivity index (χ0) is 15.2. The number of carbonyl (C=O) groups is 1. The van der Waals surface area contributed by atoms with Gasteiger partial charge in [0, 0.05) is 24.5 Å². The topological polar surface area (TPSA) is 32.3 Å². The largest absolute Gasteiger partial charge is 0.372 e. The van der Waals surface area contributed by atoms with E-state index >= 15 is 0 Å². The molecule has 1 aromatic rings. The number of carbonyl (C=O) groups excluding carboxylic acids is 1. The Hall–Kier alpha value is -1.77. The van der Waals surface area contributed by atoms with Gasteiger partial charge in [0.05, 0.1) is 0 Å². The SMILES string of the molecule is CCN(CC)c1ccc(NC(=O)C=CC(C)(C)C)cc1. The van der Waals surface area contributed by atoms with Crippen molar-refractivity contribution < 1.29 is 4.79 Å². The van der Waals surface area contributed by atoms with E-state index in [1.54, 1.807) is 6.08 Å². The molecule has 1 rings (SSSR count). The minimum absolute atomic E-state index is 0.0178. The lowest BCUT2D eigenvalue weighted by Crippen LogP contribution is -2.21. The van der Waals surface area contributed by atoms with Gasteiger partial charge < -0.3 is 10.2 Å². The minimum Gasteiger partial charge on any atom is -0.372 e. The first-order valence-corrected chi connectivity index (χ1v) is 7.21. The summed E-state index contributed by atoms with van der Waals surface area (Å²) in [5.41, 5.74) is 2.02. The summed E-state index contributed by atoms with van der Waals surface area (Å²) < 4.78 is 0. The molecule has 3 heteroatoms. The molecule has 20 heavy (non-hydrogen) atoms. The second-order valence-electron chi connectivity index (χ2n) is 5.91. The van der Waals surface area contributed by atoms with E-state index in [0.717, 1.165) is 18.8 Å². The third-order valence-corrected chi connectivity index (χ3v) is 3.00. The highest BCUT2D eigenvalue weighted by Gasteiger charge is 2.06. The van der Waals surface area contributed by atoms with Crippen LogP contribution in [0.25, 0.3) is 0 Å². The summed E-state index contributed by atoms with van der Waals surface area (Å²) in [7, 11) is 0. The van der Waals surface area contributed by atoms with Crippen LogP contribution in [0.5, 0.6) is 0 Å². The van der Waals surface area contributed by atoms with Gasteiger partial charge in [-0.2, -0.15) is 0 Å². The van der Waals surface area contributed by atoms with E-state index in [4.69, 9.17) is 0 Å². The molecule has 3 nitrogen and oxygen atoms in total. The number of allylic oxidation sites excluding steroid dienone is 1. The van der Waals surface area contributed by atoms with Crippen LogP contribution in [-0.4, -0.2) is 19.0 Å². The molecule has 0 aliphatic carbocycles. The molecular formula is C17H26N2O. The summed E-state index contributed by atoms with van der Waals surface area (Å²) in [4.78, 5) is 14.1. The van der Waals surface area contributed by atoms with E-state index < -0.39 is 0 Å². The van der Waals surface area contributed by atoms with Crippen molar-refractivity contribution in [1.82, 2.24) is 0 Å². The monoisotopic (exact) mass is 274 g/mol. The highest BCUT2D eigenvalue weighted by molar-refractivity contribution is 5.99. The lowest BCUT2D eigenvalue weighted by Gasteiger charge is -2.21. The van der Waals surface area contributed by atoms with Crippen LogP contribution in [0.15, 0.2) is 36.4 Å². The van der Waals surface area contributed by atoms with Crippen molar-refractivity contribution in [2.75, 3.05) is 23.3 Å². The van der Waals surface area contributed by atoms with Crippen LogP contribution in [-0.2, 0) is 4.79 Å². The molecule has 0 bridgehead atoms. The van der Waals surface area contributed by atoms with Gasteiger partial charge in [-0.05, 0) is 49.6 Å². The predicted molar refractivity (Wildman–Crippen MR) is 87.2 cm³/mol. The van der Waals surface area contributed by atoms with E-state index in [9.17, 15) is 4.79 Å². The van der Waals surface area contributed by atoms with Gasteiger partial charge in [-0.3, -0.25) is 4.79 Å². The maximum atomic E-state index is 11.8. The summed E-state index contributed by atoms with van der Waals surface area (Å²) in [6.07, 6.45) is 3.50. The fourth-order valence-corrected chi connectivity index (χ4v) is 1.85. The fourth-order valence-electron chi connectivity index (χ4n) is 1.85. The van der Waals surface area contributed by atoms with E-state index in [1.807, 2.05) is 30.3 Å². The first-order chi connectivity index (χ1) is 9.35. The summed E-state index contributed by atoms with van der Waals surface area (Å²) in [6, 6.07) is 7.96. The average Bonchev–Trinajstić information content (AvgIpc) is 2.39. The standard InChI is InChI=1S/C17H26N2O/c1-6-19(7-2)15-10-8-14(9-11-15)18-16(20)12-13-17(3,4)5/h8-13H,6-7H2,1-5H3,(H,18,20). The lowest BCUT2D eigenvalue weighted by molar-refractivity contribution is -0.112. The number of nitrogens with one attached hydrogen (secondary N) is 1. The molecule has 0 aliphatic rings. The van der Waals surface area contributed by atoms with Crippen LogP contribution >= 0.6 is 0 Å². The molecule has 0 spiro atoms. The normalized spacial score (nSPS) is 11.7. The van der Waals surface area contributed by atoms with E-state index in [1.165, 1.54) is 5.69 Å². The Balaban J connectivity index is 2.66. The van der Waals surface area contributed by atoms with Crippen molar-refractivity contribution in [2.24, 2.45) is 5.41 Å². The van der Waals surface area contributed by atoms with Crippen LogP contribution in [0.3, 0.4) is 0 Å². The van der Waals surface area contributed by atoms with Crippen molar-refractivity contribution in [3.8, 4) is 0 Å². The van der Waals surface area contributed by atoms with Gasteiger partial charge in [-0.15, -0.1) is 0 Å². The molecule has 1 amide bonds. The van der Waals surface area contributed by atoms with Gasteiger partial charge in [0.15, 0.2) is 0 Å². The van der Waals surface area contributed by atoms with Crippen LogP contribution < -0.4 is 10.2 Å². The number of hydrogen-bond donors (Lipinski definition) is 1. The maximum Gasteiger partial charge on any atom is 0.248 e. The summed E-state index contributed by atoms with van der Waals surface area (Å²) in [5.74, 6) is -0.0875. The Morgan fingerprint density at radius 2 is 1.70 bits per heavy atom. The molecule has 0 radical (unpaired) electrons. The Morgan fingerprint density at radius 3 is 2.15 bits per heavy atom. The molecule has 0 atom stereocenters. The average molecular weight is 274 g/mol. The minimum atomic E-state index is -0.0875. The van der Waals surface area contributed by atoms with Crippen molar-refractivity contribution in [3.63, 3.8) is 0 Å². The van der Waals surface area contributed by atoms with E-state index in [2.05, 4.69) is 44.8 Å². The van der Waals surface area contributed by atoms with Gasteiger partial charge in [0.2, 0.25) is 5.91 Å². The highest BCUT2D eigenvalue weighted by atomic mass is 16.1. The van der Waals surface area contributed by atoms with Crippen molar-refractivity contribution in [2.45, 2.75) is 34.6 Å². The number of hydrogen-bond acceptors (Lipinski definition) is 2. The van der Waals surface area contributed by atoms with Crippen LogP contribution in [0, 0.1) is 5.41 Å². The molecule has 0 fully saturated rings. The Morgan fingerprint density at radius 1 is 1.15 bits per heavy atom. The quantitative estimate of drug-likeness (QED) is 0.821. The number of rotatable bonds is 5. The molecule has 1 aromatic carbocycles. The lowest BCUT2D eigenvalue weighted by atomic mass is 9.96. The number of nitrogens with zero attached hydrogens (tertiary/aromatic N) is 1. The first-order valence-electron chi connectivity index (χ1n) is 7.21. The van der Waals surface area contributed by atoms with Crippen molar-refractivity contribution in [1.29, 1.82) is 0 Å². The second-order valence-corrected chi connectivity index (χ2v) is 5.91. The first kappa shape index (κ1) is 16.3. The van der Waals surface area contributed by atoms with Gasteiger partial charge in [0.25, 0.3) is 0 Å². The van der Waals surface area contributed by atoms with Crippen LogP contribution in [0.1, 0.15) is 34.6 Å². The molecule has 0 unspecified atom stereocenters. The zero-order valence-corrected chi connectivity index (χ0v) is 13.2. The van der Waals surface area contributed by atoms with Crippen LogP contribution in [0.2, 0.25) is 0 Å². The zero-order valence-electron chi connectivity index (χ0n) is 13.2. The van der Waals surface area contributed by atoms with Gasteiger partial charge in [-0.1, -0.05) is 26.8 Å². The fraction of sp³-hybridized carbons (Fsp3) is 0.471. The summed E-state index contributed by atoms with van der Waals surface area (Å²) in [6.45, 7) is 12.4. The molecule has 0 heterocycles. The molecule has 0 saturated carbocycles. The Labute approximate surface area is 122 Å². The third kappa shape index (κ3) is 5.47. The van der Waals surface area contributed by atoms with Crippen molar-refractivity contribution in [3.05, 3.63) is 36.4 Å². The Bertz CT molecular complexity index is 451. The summed E-state index contributed by atoms with van der Waals surface area (Å²) >= 11 is 0. The van der Waals surface area contributed by atoms with Gasteiger partial charge >= 0.3 is 0 Å². The second kappa shape index (κ2) is 7.13. The third-order valence-electron chi connectivity index (χ3n) is 3.00. The molecule has 1 N–H and O–H groups in total. The van der Waals surface area contributed by atoms with E-state index in [0.29, 0.717) is 0 Å². The summed E-state index contributed by atoms with van der Waals surface area (Å²) in [5, 5.41) is 2.87.